The van der Waals surface area contributed by atoms with E-state index in [0.29, 0.717) is 44.3 Å². The van der Waals surface area contributed by atoms with Crippen LogP contribution in [0.25, 0.3) is 0 Å². The van der Waals surface area contributed by atoms with Gasteiger partial charge in [-0.15, -0.1) is 0 Å². The van der Waals surface area contributed by atoms with Crippen LogP contribution >= 0.6 is 0 Å². The molecule has 0 aromatic heterocycles. The average molecular weight is 583 g/mol. The summed E-state index contributed by atoms with van der Waals surface area (Å²) in [7, 11) is 0. The first-order valence-corrected chi connectivity index (χ1v) is 16.0. The fourth-order valence-electron chi connectivity index (χ4n) is 11.5. The lowest BCUT2D eigenvalue weighted by molar-refractivity contribution is -0.391. The highest BCUT2D eigenvalue weighted by Crippen LogP contribution is 2.77. The number of aliphatic hydroxyl groups is 1. The molecule has 2 bridgehead atoms. The number of allylic oxidation sites excluding steroid dienone is 3. The Morgan fingerprint density at radius 1 is 1.02 bits per heavy atom. The molecule has 232 valence electrons. The summed E-state index contributed by atoms with van der Waals surface area (Å²) in [6, 6.07) is 0. The van der Waals surface area contributed by atoms with Crippen LogP contribution in [0.15, 0.2) is 23.3 Å². The third-order valence-electron chi connectivity index (χ3n) is 14.2. The molecule has 1 spiro atoms. The standard InChI is InChI=1S/C35H50O7/c1-9-20(2)27(37)42-25-18-29(3,4)17-22-21-16-23(36)26-32(8,31(21,7)12-14-34(22,25)28(38)39)11-10-24-30(5,6)35(40)15-13-33(24,26)19-41-35/h9,16,22,24-26,40H,10-15,17-19H2,1-8H3,(H,38,39)/b20-9-/t22-,24?,25+,26-,31+,32+,33+,34-,35+/m0/s1. The molecule has 5 aliphatic carbocycles. The maximum absolute atomic E-state index is 14.6. The number of ether oxygens (including phenoxy) is 2. The highest BCUT2D eigenvalue weighted by molar-refractivity contribution is 5.96. The molecule has 9 atom stereocenters. The number of carbonyl (C=O) groups excluding carboxylic acids is 2. The predicted octanol–water partition coefficient (Wildman–Crippen LogP) is 6.24. The normalized spacial score (nSPS) is 48.6. The monoisotopic (exact) mass is 582 g/mol. The number of fused-ring (bicyclic) bond motifs is 7. The number of rotatable bonds is 3. The summed E-state index contributed by atoms with van der Waals surface area (Å²) in [5.74, 6) is -2.96. The largest absolute Gasteiger partial charge is 0.481 e. The molecule has 4 saturated carbocycles. The van der Waals surface area contributed by atoms with E-state index >= 15 is 0 Å². The number of aliphatic carboxylic acids is 1. The highest BCUT2D eigenvalue weighted by Gasteiger charge is 2.76. The van der Waals surface area contributed by atoms with E-state index in [4.69, 9.17) is 9.47 Å². The number of carboxylic acids is 1. The summed E-state index contributed by atoms with van der Waals surface area (Å²) < 4.78 is 12.3. The van der Waals surface area contributed by atoms with Gasteiger partial charge in [0.25, 0.3) is 0 Å². The first-order chi connectivity index (χ1) is 19.4. The predicted molar refractivity (Wildman–Crippen MR) is 157 cm³/mol. The molecular weight excluding hydrogens is 532 g/mol. The lowest BCUT2D eigenvalue weighted by Gasteiger charge is -2.74. The van der Waals surface area contributed by atoms with Gasteiger partial charge in [0.2, 0.25) is 0 Å². The molecule has 0 amide bonds. The first-order valence-electron chi connectivity index (χ1n) is 16.0. The first kappa shape index (κ1) is 30.1. The molecule has 7 heteroatoms. The van der Waals surface area contributed by atoms with Gasteiger partial charge in [0.1, 0.15) is 11.5 Å². The van der Waals surface area contributed by atoms with Crippen LogP contribution in [0.5, 0.6) is 0 Å². The Hall–Kier alpha value is -1.99. The molecule has 42 heavy (non-hydrogen) atoms. The van der Waals surface area contributed by atoms with E-state index in [9.17, 15) is 24.6 Å². The molecule has 0 radical (unpaired) electrons. The van der Waals surface area contributed by atoms with Crippen molar-refractivity contribution < 1.29 is 34.1 Å². The van der Waals surface area contributed by atoms with Crippen LogP contribution in [-0.4, -0.2) is 46.4 Å². The second-order valence-electron chi connectivity index (χ2n) is 16.6. The molecule has 7 aliphatic rings. The van der Waals surface area contributed by atoms with Crippen LogP contribution in [0.1, 0.15) is 107 Å². The minimum atomic E-state index is -1.28. The number of carboxylic acid groups (broad SMARTS) is 1. The number of hydrogen-bond acceptors (Lipinski definition) is 6. The molecule has 7 rings (SSSR count). The van der Waals surface area contributed by atoms with E-state index in [2.05, 4.69) is 41.5 Å². The lowest BCUT2D eigenvalue weighted by Crippen LogP contribution is -2.74. The topological polar surface area (TPSA) is 110 Å². The smallest absolute Gasteiger partial charge is 0.333 e. The second kappa shape index (κ2) is 8.80. The fourth-order valence-corrected chi connectivity index (χ4v) is 11.5. The molecule has 2 saturated heterocycles. The SMILES string of the molecule is C/C=C(/C)C(=O)O[C@@H]1CC(C)(C)C[C@H]2C3=CC(=O)[C@@H]4[C@]56CC[C@@](O)(OC5)C(C)(C)C6CC[C@@]4(C)[C@]3(C)CC[C@@]12C(=O)O. The van der Waals surface area contributed by atoms with Crippen LogP contribution < -0.4 is 0 Å². The van der Waals surface area contributed by atoms with Crippen LogP contribution in [-0.2, 0) is 23.9 Å². The number of carbonyl (C=O) groups is 3. The quantitative estimate of drug-likeness (QED) is 0.299. The Balaban J connectivity index is 1.48. The van der Waals surface area contributed by atoms with Crippen molar-refractivity contribution in [3.8, 4) is 0 Å². The van der Waals surface area contributed by atoms with Gasteiger partial charge in [-0.25, -0.2) is 4.79 Å². The van der Waals surface area contributed by atoms with E-state index < -0.39 is 40.6 Å². The molecule has 6 fully saturated rings. The van der Waals surface area contributed by atoms with Crippen molar-refractivity contribution in [2.45, 2.75) is 119 Å². The third kappa shape index (κ3) is 3.44. The zero-order chi connectivity index (χ0) is 30.9. The van der Waals surface area contributed by atoms with Crippen molar-refractivity contribution in [1.29, 1.82) is 0 Å². The lowest BCUT2D eigenvalue weighted by atomic mass is 9.32. The number of ketones is 1. The van der Waals surface area contributed by atoms with E-state index in [1.807, 2.05) is 6.08 Å². The summed E-state index contributed by atoms with van der Waals surface area (Å²) in [5, 5.41) is 22.4. The van der Waals surface area contributed by atoms with Crippen LogP contribution in [0.2, 0.25) is 0 Å². The van der Waals surface area contributed by atoms with Gasteiger partial charge in [-0.05, 0) is 87.0 Å². The fraction of sp³-hybridized carbons (Fsp3) is 0.800. The van der Waals surface area contributed by atoms with Crippen molar-refractivity contribution >= 4 is 17.7 Å². The van der Waals surface area contributed by atoms with Crippen LogP contribution in [0.4, 0.5) is 0 Å². The van der Waals surface area contributed by atoms with E-state index in [1.54, 1.807) is 19.9 Å². The molecular formula is C35H50O7. The zero-order valence-corrected chi connectivity index (χ0v) is 26.8. The van der Waals surface area contributed by atoms with Gasteiger partial charge in [0, 0.05) is 34.7 Å². The van der Waals surface area contributed by atoms with Gasteiger partial charge < -0.3 is 19.7 Å². The summed E-state index contributed by atoms with van der Waals surface area (Å²) in [6.07, 6.45) is 7.91. The Kier molecular flexibility index (Phi) is 6.30. The highest BCUT2D eigenvalue weighted by atomic mass is 16.6. The summed E-state index contributed by atoms with van der Waals surface area (Å²) in [5.41, 5.74) is -1.71. The van der Waals surface area contributed by atoms with E-state index in [0.717, 1.165) is 24.8 Å². The third-order valence-corrected chi connectivity index (χ3v) is 14.2. The van der Waals surface area contributed by atoms with Gasteiger partial charge in [-0.1, -0.05) is 53.2 Å². The molecule has 2 heterocycles. The van der Waals surface area contributed by atoms with Gasteiger partial charge in [-0.2, -0.15) is 0 Å². The Morgan fingerprint density at radius 3 is 2.31 bits per heavy atom. The van der Waals surface area contributed by atoms with Crippen LogP contribution in [0.3, 0.4) is 0 Å². The summed E-state index contributed by atoms with van der Waals surface area (Å²) in [4.78, 5) is 41.1. The minimum absolute atomic E-state index is 0.0873. The Labute approximate surface area is 250 Å². The Morgan fingerprint density at radius 2 is 1.71 bits per heavy atom. The number of hydrogen-bond donors (Lipinski definition) is 2. The van der Waals surface area contributed by atoms with Crippen molar-refractivity contribution in [2.75, 3.05) is 6.61 Å². The summed E-state index contributed by atoms with van der Waals surface area (Å²) in [6.45, 7) is 16.9. The molecule has 0 aromatic rings. The van der Waals surface area contributed by atoms with Gasteiger partial charge in [0.05, 0.1) is 6.61 Å². The number of esters is 1. The minimum Gasteiger partial charge on any atom is -0.481 e. The Bertz CT molecular complexity index is 1300. The molecule has 7 nitrogen and oxygen atoms in total. The zero-order valence-electron chi connectivity index (χ0n) is 26.8. The van der Waals surface area contributed by atoms with Crippen molar-refractivity contribution in [1.82, 2.24) is 0 Å². The maximum atomic E-state index is 14.6. The van der Waals surface area contributed by atoms with Gasteiger partial charge in [0.15, 0.2) is 11.6 Å². The molecule has 2 N–H and O–H groups in total. The van der Waals surface area contributed by atoms with Gasteiger partial charge >= 0.3 is 11.9 Å². The molecule has 2 aliphatic heterocycles. The van der Waals surface area contributed by atoms with E-state index in [1.165, 1.54) is 0 Å². The van der Waals surface area contributed by atoms with Crippen molar-refractivity contribution in [3.63, 3.8) is 0 Å². The van der Waals surface area contributed by atoms with Gasteiger partial charge in [-0.3, -0.25) is 9.59 Å². The van der Waals surface area contributed by atoms with Crippen molar-refractivity contribution in [2.24, 2.45) is 50.2 Å². The van der Waals surface area contributed by atoms with Crippen LogP contribution in [0, 0.1) is 50.2 Å². The molecule has 0 aromatic carbocycles. The average Bonchev–Trinajstić information content (AvgIpc) is 2.89. The second-order valence-corrected chi connectivity index (χ2v) is 16.6. The molecule has 1 unspecified atom stereocenters. The summed E-state index contributed by atoms with van der Waals surface area (Å²) >= 11 is 0. The maximum Gasteiger partial charge on any atom is 0.333 e. The van der Waals surface area contributed by atoms with Crippen molar-refractivity contribution in [3.05, 3.63) is 23.3 Å². The van der Waals surface area contributed by atoms with E-state index in [-0.39, 0.29) is 39.3 Å².